The summed E-state index contributed by atoms with van der Waals surface area (Å²) in [5.41, 5.74) is 6.25. The molecule has 1 aliphatic rings. The lowest BCUT2D eigenvalue weighted by atomic mass is 9.99. The summed E-state index contributed by atoms with van der Waals surface area (Å²) in [5, 5.41) is 3.44. The summed E-state index contributed by atoms with van der Waals surface area (Å²) in [6.45, 7) is 11.5. The first kappa shape index (κ1) is 18.3. The summed E-state index contributed by atoms with van der Waals surface area (Å²) in [6, 6.07) is 7.15. The molecule has 1 atom stereocenters. The van der Waals surface area contributed by atoms with E-state index in [9.17, 15) is 0 Å². The van der Waals surface area contributed by atoms with Gasteiger partial charge in [-0.3, -0.25) is 0 Å². The number of unbranched alkanes of at least 4 members (excludes halogenated alkanes) is 2. The van der Waals surface area contributed by atoms with E-state index >= 15 is 0 Å². The first-order chi connectivity index (χ1) is 11.0. The van der Waals surface area contributed by atoms with Crippen LogP contribution < -0.4 is 5.19 Å². The van der Waals surface area contributed by atoms with E-state index in [1.807, 2.05) is 5.20 Å². The number of aryl methyl sites for hydroxylation is 2. The van der Waals surface area contributed by atoms with E-state index in [1.165, 1.54) is 49.7 Å². The van der Waals surface area contributed by atoms with Gasteiger partial charge in [0.25, 0.3) is 0 Å². The normalized spacial score (nSPS) is 16.5. The number of hydrogen-bond acceptors (Lipinski definition) is 0. The van der Waals surface area contributed by atoms with Gasteiger partial charge >= 0.3 is 0 Å². The van der Waals surface area contributed by atoms with Crippen LogP contribution in [0.5, 0.6) is 0 Å². The lowest BCUT2D eigenvalue weighted by molar-refractivity contribution is 0.669. The SMILES string of the molecule is CCCCCC1=CC(C(C)CC)=C([SiH2]c2cc(C)cc(C)c2)C1. The molecule has 0 heterocycles. The minimum atomic E-state index is -0.310. The van der Waals surface area contributed by atoms with Gasteiger partial charge in [-0.2, -0.15) is 0 Å². The molecule has 23 heavy (non-hydrogen) atoms. The molecule has 1 aliphatic carbocycles. The zero-order valence-corrected chi connectivity index (χ0v) is 17.3. The van der Waals surface area contributed by atoms with Crippen LogP contribution in [0.1, 0.15) is 70.4 Å². The quantitative estimate of drug-likeness (QED) is 0.449. The third-order valence-electron chi connectivity index (χ3n) is 5.15. The topological polar surface area (TPSA) is 0 Å². The van der Waals surface area contributed by atoms with Crippen LogP contribution in [0.4, 0.5) is 0 Å². The summed E-state index contributed by atoms with van der Waals surface area (Å²) in [4.78, 5) is 0. The molecular weight excluding hydrogens is 292 g/mol. The number of allylic oxidation sites excluding steroid dienone is 4. The van der Waals surface area contributed by atoms with Crippen molar-refractivity contribution >= 4 is 14.7 Å². The number of hydrogen-bond donors (Lipinski definition) is 0. The highest BCUT2D eigenvalue weighted by Crippen LogP contribution is 2.33. The molecule has 1 unspecified atom stereocenters. The molecule has 1 aromatic rings. The minimum Gasteiger partial charge on any atom is -0.0752 e. The Balaban J connectivity index is 2.14. The second-order valence-electron chi connectivity index (χ2n) is 7.48. The molecule has 0 aromatic heterocycles. The van der Waals surface area contributed by atoms with Gasteiger partial charge in [-0.1, -0.05) is 85.0 Å². The maximum atomic E-state index is 2.58. The van der Waals surface area contributed by atoms with E-state index < -0.39 is 0 Å². The fraction of sp³-hybridized carbons (Fsp3) is 0.545. The Morgan fingerprint density at radius 3 is 2.35 bits per heavy atom. The van der Waals surface area contributed by atoms with Gasteiger partial charge < -0.3 is 0 Å². The largest absolute Gasteiger partial charge is 0.0832 e. The highest BCUT2D eigenvalue weighted by Gasteiger charge is 2.19. The van der Waals surface area contributed by atoms with Gasteiger partial charge in [-0.05, 0) is 51.0 Å². The third-order valence-corrected chi connectivity index (χ3v) is 7.05. The van der Waals surface area contributed by atoms with Crippen LogP contribution in [0.15, 0.2) is 40.6 Å². The molecule has 126 valence electrons. The highest BCUT2D eigenvalue weighted by atomic mass is 28.2. The van der Waals surface area contributed by atoms with Crippen molar-refractivity contribution in [1.29, 1.82) is 0 Å². The standard InChI is InChI=1S/C22H34Si/c1-6-8-9-10-19-14-21(18(5)7-2)22(15-19)23-20-12-16(3)11-17(4)13-20/h11-14,18H,6-10,15,23H2,1-5H3. The van der Waals surface area contributed by atoms with Gasteiger partial charge in [0.05, 0.1) is 9.52 Å². The van der Waals surface area contributed by atoms with Crippen LogP contribution in [0.2, 0.25) is 0 Å². The van der Waals surface area contributed by atoms with E-state index in [1.54, 1.807) is 16.3 Å². The van der Waals surface area contributed by atoms with E-state index in [-0.39, 0.29) is 9.52 Å². The van der Waals surface area contributed by atoms with Crippen LogP contribution in [-0.4, -0.2) is 9.52 Å². The van der Waals surface area contributed by atoms with Crippen LogP contribution in [0.3, 0.4) is 0 Å². The molecule has 0 fully saturated rings. The maximum absolute atomic E-state index is 2.58. The molecule has 0 bridgehead atoms. The Morgan fingerprint density at radius 2 is 1.74 bits per heavy atom. The molecule has 0 nitrogen and oxygen atoms in total. The Morgan fingerprint density at radius 1 is 1.04 bits per heavy atom. The fourth-order valence-electron chi connectivity index (χ4n) is 3.80. The first-order valence-electron chi connectivity index (χ1n) is 9.52. The molecule has 0 saturated carbocycles. The van der Waals surface area contributed by atoms with E-state index in [2.05, 4.69) is 58.9 Å². The van der Waals surface area contributed by atoms with Crippen LogP contribution >= 0.6 is 0 Å². The minimum absolute atomic E-state index is 0.310. The van der Waals surface area contributed by atoms with Gasteiger partial charge in [0.15, 0.2) is 0 Å². The predicted octanol–water partition coefficient (Wildman–Crippen LogP) is 5.31. The Kier molecular flexibility index (Phi) is 6.89. The fourth-order valence-corrected chi connectivity index (χ4v) is 6.25. The smallest absolute Gasteiger partial charge is 0.0752 e. The second-order valence-corrected chi connectivity index (χ2v) is 9.50. The van der Waals surface area contributed by atoms with E-state index in [0.29, 0.717) is 0 Å². The maximum Gasteiger partial charge on any atom is 0.0832 e. The zero-order chi connectivity index (χ0) is 16.8. The summed E-state index contributed by atoms with van der Waals surface area (Å²) < 4.78 is 0. The molecule has 2 rings (SSSR count). The molecule has 0 saturated heterocycles. The van der Waals surface area contributed by atoms with Crippen LogP contribution in [-0.2, 0) is 0 Å². The van der Waals surface area contributed by atoms with Crippen molar-refractivity contribution < 1.29 is 0 Å². The highest BCUT2D eigenvalue weighted by molar-refractivity contribution is 6.61. The van der Waals surface area contributed by atoms with Crippen molar-refractivity contribution in [3.05, 3.63) is 51.7 Å². The molecule has 1 heteroatoms. The molecule has 0 aliphatic heterocycles. The predicted molar refractivity (Wildman–Crippen MR) is 107 cm³/mol. The van der Waals surface area contributed by atoms with Crippen molar-refractivity contribution in [2.45, 2.75) is 73.1 Å². The van der Waals surface area contributed by atoms with E-state index in [4.69, 9.17) is 0 Å². The van der Waals surface area contributed by atoms with Crippen LogP contribution in [0.25, 0.3) is 0 Å². The second kappa shape index (κ2) is 8.68. The number of rotatable bonds is 8. The average Bonchev–Trinajstić information content (AvgIpc) is 2.88. The molecule has 0 radical (unpaired) electrons. The van der Waals surface area contributed by atoms with Crippen molar-refractivity contribution in [2.24, 2.45) is 5.92 Å². The monoisotopic (exact) mass is 326 g/mol. The summed E-state index contributed by atoms with van der Waals surface area (Å²) >= 11 is 0. The van der Waals surface area contributed by atoms with Crippen molar-refractivity contribution in [1.82, 2.24) is 0 Å². The molecular formula is C22H34Si. The lowest BCUT2D eigenvalue weighted by Crippen LogP contribution is -2.18. The Labute approximate surface area is 145 Å². The van der Waals surface area contributed by atoms with Gasteiger partial charge in [-0.15, -0.1) is 0 Å². The van der Waals surface area contributed by atoms with Gasteiger partial charge in [0, 0.05) is 0 Å². The number of benzene rings is 1. The zero-order valence-electron chi connectivity index (χ0n) is 15.8. The summed E-state index contributed by atoms with van der Waals surface area (Å²) in [5.74, 6) is 0.729. The molecule has 1 aromatic carbocycles. The first-order valence-corrected chi connectivity index (χ1v) is 10.9. The third kappa shape index (κ3) is 5.21. The van der Waals surface area contributed by atoms with Gasteiger partial charge in [0.1, 0.15) is 0 Å². The summed E-state index contributed by atoms with van der Waals surface area (Å²) in [7, 11) is -0.310. The summed E-state index contributed by atoms with van der Waals surface area (Å²) in [6.07, 6.45) is 10.5. The Bertz CT molecular complexity index is 572. The average molecular weight is 327 g/mol. The van der Waals surface area contributed by atoms with Gasteiger partial charge in [-0.25, -0.2) is 0 Å². The lowest BCUT2D eigenvalue weighted by Gasteiger charge is -2.13. The molecule has 0 N–H and O–H groups in total. The Hall–Kier alpha value is -1.08. The van der Waals surface area contributed by atoms with Crippen molar-refractivity contribution in [3.8, 4) is 0 Å². The molecule has 0 amide bonds. The van der Waals surface area contributed by atoms with Crippen molar-refractivity contribution in [2.75, 3.05) is 0 Å². The van der Waals surface area contributed by atoms with Gasteiger partial charge in [0.2, 0.25) is 0 Å². The van der Waals surface area contributed by atoms with Crippen molar-refractivity contribution in [3.63, 3.8) is 0 Å². The van der Waals surface area contributed by atoms with Crippen LogP contribution in [0, 0.1) is 19.8 Å². The van der Waals surface area contributed by atoms with E-state index in [0.717, 1.165) is 5.92 Å². The molecule has 0 spiro atoms.